The van der Waals surface area contributed by atoms with Crippen LogP contribution in [0.15, 0.2) is 29.2 Å². The molecule has 0 aliphatic heterocycles. The van der Waals surface area contributed by atoms with E-state index in [1.807, 2.05) is 29.6 Å². The van der Waals surface area contributed by atoms with E-state index in [-0.39, 0.29) is 11.7 Å². The van der Waals surface area contributed by atoms with Gasteiger partial charge in [-0.3, -0.25) is 10.1 Å². The average Bonchev–Trinajstić information content (AvgIpc) is 2.34. The van der Waals surface area contributed by atoms with Crippen molar-refractivity contribution in [2.75, 3.05) is 5.75 Å². The molecule has 0 saturated heterocycles. The highest BCUT2D eigenvalue weighted by Gasteiger charge is 2.05. The van der Waals surface area contributed by atoms with E-state index in [0.29, 0.717) is 6.04 Å². The Morgan fingerprint density at radius 1 is 1.26 bits per heavy atom. The normalized spacial score (nSPS) is 10.5. The molecule has 1 aromatic rings. The second kappa shape index (κ2) is 7.81. The molecule has 19 heavy (non-hydrogen) atoms. The van der Waals surface area contributed by atoms with Gasteiger partial charge in [0, 0.05) is 17.5 Å². The fourth-order valence-corrected chi connectivity index (χ4v) is 2.05. The number of carbonyl (C=O) groups is 2. The predicted molar refractivity (Wildman–Crippen MR) is 76.9 cm³/mol. The number of hydrogen-bond acceptors (Lipinski definition) is 4. The summed E-state index contributed by atoms with van der Waals surface area (Å²) in [6, 6.07) is 7.58. The summed E-state index contributed by atoms with van der Waals surface area (Å²) in [6.07, 6.45) is 0. The van der Waals surface area contributed by atoms with Gasteiger partial charge >= 0.3 is 6.03 Å². The van der Waals surface area contributed by atoms with Crippen molar-refractivity contribution < 1.29 is 9.59 Å². The summed E-state index contributed by atoms with van der Waals surface area (Å²) in [5.41, 5.74) is 6.05. The molecular weight excluding hydrogens is 262 g/mol. The Balaban J connectivity index is 2.39. The summed E-state index contributed by atoms with van der Waals surface area (Å²) < 4.78 is 0. The smallest absolute Gasteiger partial charge is 0.318 e. The Morgan fingerprint density at radius 3 is 2.42 bits per heavy atom. The number of hydrogen-bond donors (Lipinski definition) is 3. The Kier molecular flexibility index (Phi) is 6.38. The maximum absolute atomic E-state index is 11.2. The fraction of sp³-hybridized carbons (Fsp3) is 0.385. The van der Waals surface area contributed by atoms with Crippen LogP contribution in [0.5, 0.6) is 0 Å². The van der Waals surface area contributed by atoms with Crippen LogP contribution in [0, 0.1) is 0 Å². The third-order valence-electron chi connectivity index (χ3n) is 2.27. The van der Waals surface area contributed by atoms with E-state index in [9.17, 15) is 9.59 Å². The number of benzene rings is 1. The maximum Gasteiger partial charge on any atom is 0.318 e. The predicted octanol–water partition coefficient (Wildman–Crippen LogP) is 1.47. The average molecular weight is 281 g/mol. The minimum absolute atomic E-state index is 0.173. The van der Waals surface area contributed by atoms with Crippen LogP contribution in [-0.2, 0) is 11.3 Å². The molecule has 4 N–H and O–H groups in total. The fourth-order valence-electron chi connectivity index (χ4n) is 1.35. The van der Waals surface area contributed by atoms with E-state index in [1.54, 1.807) is 0 Å². The quantitative estimate of drug-likeness (QED) is 0.689. The minimum Gasteiger partial charge on any atom is -0.351 e. The van der Waals surface area contributed by atoms with Gasteiger partial charge in [0.2, 0.25) is 5.91 Å². The van der Waals surface area contributed by atoms with Crippen molar-refractivity contribution in [3.63, 3.8) is 0 Å². The zero-order valence-corrected chi connectivity index (χ0v) is 11.9. The number of urea groups is 1. The van der Waals surface area contributed by atoms with Gasteiger partial charge in [0.25, 0.3) is 0 Å². The van der Waals surface area contributed by atoms with Crippen molar-refractivity contribution in [3.8, 4) is 0 Å². The van der Waals surface area contributed by atoms with Gasteiger partial charge in [-0.15, -0.1) is 11.8 Å². The summed E-state index contributed by atoms with van der Waals surface area (Å²) in [5, 5.41) is 5.36. The third kappa shape index (κ3) is 6.83. The lowest BCUT2D eigenvalue weighted by Crippen LogP contribution is -2.36. The number of rotatable bonds is 6. The Hall–Kier alpha value is -1.53. The zero-order chi connectivity index (χ0) is 14.3. The first-order valence-corrected chi connectivity index (χ1v) is 7.00. The zero-order valence-electron chi connectivity index (χ0n) is 11.1. The molecule has 0 fully saturated rings. The van der Waals surface area contributed by atoms with E-state index >= 15 is 0 Å². The topological polar surface area (TPSA) is 84.2 Å². The molecule has 5 nitrogen and oxygen atoms in total. The van der Waals surface area contributed by atoms with E-state index in [4.69, 9.17) is 5.73 Å². The molecule has 0 radical (unpaired) electrons. The van der Waals surface area contributed by atoms with Crippen LogP contribution >= 0.6 is 11.8 Å². The van der Waals surface area contributed by atoms with Crippen molar-refractivity contribution >= 4 is 23.7 Å². The van der Waals surface area contributed by atoms with Crippen LogP contribution in [0.2, 0.25) is 0 Å². The molecule has 0 aromatic heterocycles. The van der Waals surface area contributed by atoms with E-state index in [2.05, 4.69) is 19.2 Å². The standard InChI is InChI=1S/C13H19N3O2S/c1-9(2)15-7-10-3-5-11(6-4-10)19-8-12(17)16-13(14)18/h3-6,9,15H,7-8H2,1-2H3,(H3,14,16,17,18). The van der Waals surface area contributed by atoms with Crippen LogP contribution in [-0.4, -0.2) is 23.7 Å². The molecule has 3 amide bonds. The van der Waals surface area contributed by atoms with Crippen LogP contribution < -0.4 is 16.4 Å². The van der Waals surface area contributed by atoms with Gasteiger partial charge in [-0.05, 0) is 17.7 Å². The van der Waals surface area contributed by atoms with Crippen molar-refractivity contribution in [2.45, 2.75) is 31.3 Å². The lowest BCUT2D eigenvalue weighted by molar-refractivity contribution is -0.117. The number of thioether (sulfide) groups is 1. The number of carbonyl (C=O) groups excluding carboxylic acids is 2. The maximum atomic E-state index is 11.2. The summed E-state index contributed by atoms with van der Waals surface area (Å²) >= 11 is 1.36. The van der Waals surface area contributed by atoms with Crippen LogP contribution in [0.3, 0.4) is 0 Å². The highest BCUT2D eigenvalue weighted by Crippen LogP contribution is 2.18. The number of primary amides is 1. The molecule has 0 aliphatic rings. The second-order valence-corrected chi connectivity index (χ2v) is 5.43. The van der Waals surface area contributed by atoms with Crippen molar-refractivity contribution in [2.24, 2.45) is 5.73 Å². The van der Waals surface area contributed by atoms with Gasteiger partial charge in [0.1, 0.15) is 0 Å². The summed E-state index contributed by atoms with van der Waals surface area (Å²) in [7, 11) is 0. The Labute approximate surface area is 117 Å². The lowest BCUT2D eigenvalue weighted by Gasteiger charge is -2.08. The highest BCUT2D eigenvalue weighted by molar-refractivity contribution is 8.00. The molecule has 104 valence electrons. The second-order valence-electron chi connectivity index (χ2n) is 4.38. The van der Waals surface area contributed by atoms with E-state index in [1.165, 1.54) is 17.3 Å². The Morgan fingerprint density at radius 2 is 1.89 bits per heavy atom. The first-order chi connectivity index (χ1) is 8.97. The molecule has 0 aliphatic carbocycles. The summed E-state index contributed by atoms with van der Waals surface area (Å²) in [4.78, 5) is 22.7. The van der Waals surface area contributed by atoms with Gasteiger partial charge in [-0.25, -0.2) is 4.79 Å². The highest BCUT2D eigenvalue weighted by atomic mass is 32.2. The van der Waals surface area contributed by atoms with Gasteiger partial charge in [-0.2, -0.15) is 0 Å². The largest absolute Gasteiger partial charge is 0.351 e. The molecule has 0 saturated carbocycles. The monoisotopic (exact) mass is 281 g/mol. The first kappa shape index (κ1) is 15.5. The lowest BCUT2D eigenvalue weighted by atomic mass is 10.2. The van der Waals surface area contributed by atoms with Crippen molar-refractivity contribution in [3.05, 3.63) is 29.8 Å². The molecule has 0 heterocycles. The SMILES string of the molecule is CC(C)NCc1ccc(SCC(=O)NC(N)=O)cc1. The number of nitrogens with two attached hydrogens (primary N) is 1. The number of amides is 3. The van der Waals surface area contributed by atoms with Gasteiger partial charge in [0.15, 0.2) is 0 Å². The molecule has 0 atom stereocenters. The Bertz CT molecular complexity index is 432. The molecular formula is C13H19N3O2S. The number of nitrogens with one attached hydrogen (secondary N) is 2. The molecule has 6 heteroatoms. The van der Waals surface area contributed by atoms with Crippen LogP contribution in [0.25, 0.3) is 0 Å². The third-order valence-corrected chi connectivity index (χ3v) is 3.28. The van der Waals surface area contributed by atoms with Crippen LogP contribution in [0.1, 0.15) is 19.4 Å². The van der Waals surface area contributed by atoms with Crippen molar-refractivity contribution in [1.82, 2.24) is 10.6 Å². The number of imide groups is 1. The minimum atomic E-state index is -0.819. The van der Waals surface area contributed by atoms with E-state index < -0.39 is 6.03 Å². The van der Waals surface area contributed by atoms with Crippen molar-refractivity contribution in [1.29, 1.82) is 0 Å². The summed E-state index contributed by atoms with van der Waals surface area (Å²) in [5.74, 6) is -0.213. The van der Waals surface area contributed by atoms with Gasteiger partial charge in [0.05, 0.1) is 5.75 Å². The molecule has 1 rings (SSSR count). The van der Waals surface area contributed by atoms with Gasteiger partial charge < -0.3 is 11.1 Å². The molecule has 0 bridgehead atoms. The summed E-state index contributed by atoms with van der Waals surface area (Å²) in [6.45, 7) is 5.02. The first-order valence-electron chi connectivity index (χ1n) is 6.02. The van der Waals surface area contributed by atoms with Gasteiger partial charge in [-0.1, -0.05) is 26.0 Å². The molecule has 1 aromatic carbocycles. The van der Waals surface area contributed by atoms with E-state index in [0.717, 1.165) is 11.4 Å². The van der Waals surface area contributed by atoms with Crippen LogP contribution in [0.4, 0.5) is 4.79 Å². The molecule has 0 unspecified atom stereocenters. The molecule has 0 spiro atoms.